The van der Waals surface area contributed by atoms with Crippen molar-refractivity contribution in [3.63, 3.8) is 0 Å². The highest BCUT2D eigenvalue weighted by Crippen LogP contribution is 2.24. The van der Waals surface area contributed by atoms with Gasteiger partial charge in [-0.1, -0.05) is 39.0 Å². The number of carbonyl (C=O) groups excluding carboxylic acids is 2. The molecule has 0 aliphatic heterocycles. The summed E-state index contributed by atoms with van der Waals surface area (Å²) in [7, 11) is 0. The maximum absolute atomic E-state index is 12.6. The minimum Gasteiger partial charge on any atom is -0.452 e. The zero-order valence-corrected chi connectivity index (χ0v) is 15.6. The normalized spacial score (nSPS) is 12.2. The van der Waals surface area contributed by atoms with Crippen LogP contribution in [0.25, 0.3) is 10.9 Å². The highest BCUT2D eigenvalue weighted by molar-refractivity contribution is 5.99. The van der Waals surface area contributed by atoms with Crippen molar-refractivity contribution < 1.29 is 14.3 Å². The summed E-state index contributed by atoms with van der Waals surface area (Å²) >= 11 is 0. The maximum Gasteiger partial charge on any atom is 0.340 e. The first kappa shape index (κ1) is 18.9. The van der Waals surface area contributed by atoms with Gasteiger partial charge >= 0.3 is 5.97 Å². The van der Waals surface area contributed by atoms with Crippen LogP contribution in [0.4, 0.5) is 0 Å². The molecule has 134 valence electrons. The van der Waals surface area contributed by atoms with E-state index in [1.54, 1.807) is 0 Å². The van der Waals surface area contributed by atoms with Crippen molar-refractivity contribution in [1.29, 1.82) is 0 Å². The van der Waals surface area contributed by atoms with Crippen LogP contribution in [0.15, 0.2) is 24.3 Å². The second-order valence-electron chi connectivity index (χ2n) is 6.61. The molecule has 0 saturated carbocycles. The first-order chi connectivity index (χ1) is 11.8. The van der Waals surface area contributed by atoms with Gasteiger partial charge in [-0.25, -0.2) is 4.79 Å². The molecule has 0 saturated heterocycles. The second-order valence-corrected chi connectivity index (χ2v) is 6.61. The van der Waals surface area contributed by atoms with Gasteiger partial charge in [-0.15, -0.1) is 0 Å². The summed E-state index contributed by atoms with van der Waals surface area (Å²) in [6, 6.07) is 7.73. The van der Waals surface area contributed by atoms with E-state index in [0.29, 0.717) is 23.6 Å². The van der Waals surface area contributed by atoms with Gasteiger partial charge in [0, 0.05) is 11.4 Å². The van der Waals surface area contributed by atoms with Gasteiger partial charge in [0.1, 0.15) is 0 Å². The lowest BCUT2D eigenvalue weighted by Gasteiger charge is -2.18. The van der Waals surface area contributed by atoms with Crippen molar-refractivity contribution in [2.24, 2.45) is 5.92 Å². The molecule has 0 aliphatic rings. The van der Waals surface area contributed by atoms with E-state index >= 15 is 0 Å². The molecule has 1 amide bonds. The molecule has 1 atom stereocenters. The van der Waals surface area contributed by atoms with Crippen LogP contribution in [0.2, 0.25) is 0 Å². The molecule has 2 rings (SSSR count). The molecule has 0 radical (unpaired) electrons. The number of pyridine rings is 1. The van der Waals surface area contributed by atoms with Gasteiger partial charge in [-0.2, -0.15) is 0 Å². The Bertz CT molecular complexity index is 784. The number of ether oxygens (including phenoxy) is 1. The van der Waals surface area contributed by atoms with Crippen LogP contribution in [0.1, 0.15) is 49.3 Å². The summed E-state index contributed by atoms with van der Waals surface area (Å²) in [4.78, 5) is 29.1. The molecule has 1 aromatic carbocycles. The van der Waals surface area contributed by atoms with Crippen molar-refractivity contribution in [2.45, 2.75) is 47.1 Å². The molecule has 0 fully saturated rings. The molecule has 0 aliphatic carbocycles. The number of amides is 1. The largest absolute Gasteiger partial charge is 0.452 e. The minimum atomic E-state index is -0.500. The summed E-state index contributed by atoms with van der Waals surface area (Å²) in [5, 5.41) is 3.75. The van der Waals surface area contributed by atoms with Crippen LogP contribution in [-0.4, -0.2) is 29.5 Å². The lowest BCUT2D eigenvalue weighted by atomic mass is 10.0. The van der Waals surface area contributed by atoms with E-state index in [-0.39, 0.29) is 18.6 Å². The highest BCUT2D eigenvalue weighted by atomic mass is 16.5. The van der Waals surface area contributed by atoms with E-state index < -0.39 is 5.97 Å². The van der Waals surface area contributed by atoms with Gasteiger partial charge in [-0.3, -0.25) is 9.78 Å². The predicted octanol–water partition coefficient (Wildman–Crippen LogP) is 3.42. The third kappa shape index (κ3) is 4.35. The zero-order chi connectivity index (χ0) is 18.6. The number of nitrogens with one attached hydrogen (secondary N) is 1. The van der Waals surface area contributed by atoms with Crippen LogP contribution in [0.5, 0.6) is 0 Å². The number of hydrogen-bond donors (Lipinski definition) is 1. The third-order valence-corrected chi connectivity index (χ3v) is 4.49. The number of esters is 1. The second kappa shape index (κ2) is 8.10. The number of nitrogens with zero attached hydrogens (tertiary/aromatic N) is 1. The number of fused-ring (bicyclic) bond motifs is 1. The van der Waals surface area contributed by atoms with E-state index in [1.165, 1.54) is 0 Å². The molecule has 1 aromatic heterocycles. The quantitative estimate of drug-likeness (QED) is 0.817. The van der Waals surface area contributed by atoms with E-state index in [9.17, 15) is 9.59 Å². The first-order valence-electron chi connectivity index (χ1n) is 8.69. The monoisotopic (exact) mass is 342 g/mol. The fourth-order valence-corrected chi connectivity index (χ4v) is 2.63. The molecule has 0 bridgehead atoms. The lowest BCUT2D eigenvalue weighted by Crippen LogP contribution is -2.38. The summed E-state index contributed by atoms with van der Waals surface area (Å²) < 4.78 is 5.25. The van der Waals surface area contributed by atoms with Crippen LogP contribution in [0, 0.1) is 12.8 Å². The summed E-state index contributed by atoms with van der Waals surface area (Å²) in [5.74, 6) is -0.475. The highest BCUT2D eigenvalue weighted by Gasteiger charge is 2.20. The number of aryl methyl sites for hydroxylation is 2. The topological polar surface area (TPSA) is 68.3 Å². The van der Waals surface area contributed by atoms with E-state index in [4.69, 9.17) is 4.74 Å². The van der Waals surface area contributed by atoms with Crippen molar-refractivity contribution in [1.82, 2.24) is 10.3 Å². The van der Waals surface area contributed by atoms with E-state index in [0.717, 1.165) is 16.5 Å². The molecule has 0 unspecified atom stereocenters. The number of hydrogen-bond acceptors (Lipinski definition) is 4. The van der Waals surface area contributed by atoms with Gasteiger partial charge in [0.25, 0.3) is 5.91 Å². The average molecular weight is 342 g/mol. The molecule has 2 aromatic rings. The number of carbonyl (C=O) groups is 2. The van der Waals surface area contributed by atoms with Crippen LogP contribution in [0.3, 0.4) is 0 Å². The van der Waals surface area contributed by atoms with Gasteiger partial charge in [0.15, 0.2) is 6.61 Å². The molecular formula is C20H26N2O3. The molecule has 1 heterocycles. The molecule has 5 heteroatoms. The molecule has 1 N–H and O–H groups in total. The third-order valence-electron chi connectivity index (χ3n) is 4.49. The molecule has 5 nitrogen and oxygen atoms in total. The Morgan fingerprint density at radius 3 is 2.52 bits per heavy atom. The standard InChI is InChI=1S/C20H26N2O3/c1-6-16-19(13(4)15-9-7-8-10-17(15)22-16)20(24)25-11-18(23)21-14(5)12(2)3/h7-10,12,14H,6,11H2,1-5H3,(H,21,23)/t14-/m1/s1. The van der Waals surface area contributed by atoms with Crippen molar-refractivity contribution >= 4 is 22.8 Å². The first-order valence-corrected chi connectivity index (χ1v) is 8.69. The van der Waals surface area contributed by atoms with Crippen LogP contribution < -0.4 is 5.32 Å². The predicted molar refractivity (Wildman–Crippen MR) is 98.6 cm³/mol. The number of benzene rings is 1. The van der Waals surface area contributed by atoms with Gasteiger partial charge in [-0.05, 0) is 37.8 Å². The minimum absolute atomic E-state index is 0.0291. The van der Waals surface area contributed by atoms with Crippen molar-refractivity contribution in [3.05, 3.63) is 41.1 Å². The number of aromatic nitrogens is 1. The van der Waals surface area contributed by atoms with E-state index in [2.05, 4.69) is 10.3 Å². The van der Waals surface area contributed by atoms with Crippen molar-refractivity contribution in [2.75, 3.05) is 6.61 Å². The van der Waals surface area contributed by atoms with Gasteiger partial charge in [0.05, 0.1) is 16.8 Å². The smallest absolute Gasteiger partial charge is 0.340 e. The molecule has 0 spiro atoms. The van der Waals surface area contributed by atoms with Crippen LogP contribution >= 0.6 is 0 Å². The summed E-state index contributed by atoms with van der Waals surface area (Å²) in [5.41, 5.74) is 2.85. The maximum atomic E-state index is 12.6. The Labute approximate surface area is 148 Å². The Morgan fingerprint density at radius 1 is 1.20 bits per heavy atom. The summed E-state index contributed by atoms with van der Waals surface area (Å²) in [6.07, 6.45) is 0.618. The zero-order valence-electron chi connectivity index (χ0n) is 15.6. The lowest BCUT2D eigenvalue weighted by molar-refractivity contribution is -0.125. The van der Waals surface area contributed by atoms with Crippen LogP contribution in [-0.2, 0) is 16.0 Å². The average Bonchev–Trinajstić information content (AvgIpc) is 2.59. The molecule has 25 heavy (non-hydrogen) atoms. The Balaban J connectivity index is 2.19. The summed E-state index contributed by atoms with van der Waals surface area (Å²) in [6.45, 7) is 9.52. The Hall–Kier alpha value is -2.43. The molecular weight excluding hydrogens is 316 g/mol. The Morgan fingerprint density at radius 2 is 1.88 bits per heavy atom. The van der Waals surface area contributed by atoms with E-state index in [1.807, 2.05) is 58.9 Å². The fraction of sp³-hybridized carbons (Fsp3) is 0.450. The van der Waals surface area contributed by atoms with Gasteiger partial charge < -0.3 is 10.1 Å². The van der Waals surface area contributed by atoms with Gasteiger partial charge in [0.2, 0.25) is 0 Å². The number of para-hydroxylation sites is 1. The number of rotatable bonds is 6. The SMILES string of the molecule is CCc1nc2ccccc2c(C)c1C(=O)OCC(=O)N[C@H](C)C(C)C. The van der Waals surface area contributed by atoms with Crippen molar-refractivity contribution in [3.8, 4) is 0 Å². The fourth-order valence-electron chi connectivity index (χ4n) is 2.63. The Kier molecular flexibility index (Phi) is 6.12.